The number of anilines is 4. The highest BCUT2D eigenvalue weighted by Gasteiger charge is 2.20. The van der Waals surface area contributed by atoms with Crippen LogP contribution in [0.4, 0.5) is 21.6 Å². The Morgan fingerprint density at radius 3 is 1.25 bits per heavy atom. The molecule has 2 aromatic heterocycles. The third-order valence-corrected chi connectivity index (χ3v) is 13.8. The first kappa shape index (κ1) is 36.9. The molecule has 6 rings (SSSR count). The van der Waals surface area contributed by atoms with E-state index in [0.29, 0.717) is 42.3 Å². The van der Waals surface area contributed by atoms with E-state index in [4.69, 9.17) is 0 Å². The van der Waals surface area contributed by atoms with Gasteiger partial charge in [0.05, 0.1) is 20.9 Å². The average Bonchev–Trinajstić information content (AvgIpc) is 3.73. The van der Waals surface area contributed by atoms with Crippen LogP contribution in [0.2, 0.25) is 0 Å². The fourth-order valence-corrected chi connectivity index (χ4v) is 10.4. The van der Waals surface area contributed by atoms with Crippen LogP contribution >= 0.6 is 44.3 Å². The largest absolute Gasteiger partial charge is 0.322 e. The van der Waals surface area contributed by atoms with E-state index >= 15 is 0 Å². The second-order valence-corrected chi connectivity index (χ2v) is 18.5. The Bertz CT molecular complexity index is 2300. The number of benzene rings is 4. The van der Waals surface area contributed by atoms with E-state index < -0.39 is 31.9 Å². The van der Waals surface area contributed by atoms with E-state index in [1.54, 1.807) is 62.4 Å². The summed E-state index contributed by atoms with van der Waals surface area (Å²) in [7, 11) is -5.22. The van der Waals surface area contributed by atoms with Crippen LogP contribution in [0.1, 0.15) is 30.7 Å². The second kappa shape index (κ2) is 15.8. The van der Waals surface area contributed by atoms with Gasteiger partial charge < -0.3 is 10.6 Å². The van der Waals surface area contributed by atoms with Gasteiger partial charge in [-0.15, -0.1) is 20.4 Å². The van der Waals surface area contributed by atoms with Crippen molar-refractivity contribution in [2.45, 2.75) is 33.4 Å². The van der Waals surface area contributed by atoms with Gasteiger partial charge in [0.25, 0.3) is 31.9 Å². The van der Waals surface area contributed by atoms with Gasteiger partial charge in [0.15, 0.2) is 0 Å². The summed E-state index contributed by atoms with van der Waals surface area (Å²) in [5, 5.41) is 22.3. The molecule has 0 aliphatic rings. The molecule has 2 heterocycles. The lowest BCUT2D eigenvalue weighted by atomic mass is 10.2. The summed E-state index contributed by atoms with van der Waals surface area (Å²) in [6.07, 6.45) is 0. The maximum Gasteiger partial charge on any atom is 0.263 e. The van der Waals surface area contributed by atoms with Crippen molar-refractivity contribution in [3.05, 3.63) is 118 Å². The number of aryl methyl sites for hydroxylation is 2. The molecule has 0 aliphatic carbocycles. The van der Waals surface area contributed by atoms with Crippen LogP contribution in [0, 0.1) is 13.8 Å². The molecule has 14 nitrogen and oxygen atoms in total. The van der Waals surface area contributed by atoms with Gasteiger partial charge >= 0.3 is 0 Å². The summed E-state index contributed by atoms with van der Waals surface area (Å²) >= 11 is 2.22. The molecule has 0 radical (unpaired) electrons. The number of hydrogen-bond donors (Lipinski definition) is 4. The number of aromatic nitrogens is 4. The Hall–Kier alpha value is -4.86. The van der Waals surface area contributed by atoms with Gasteiger partial charge in [-0.3, -0.25) is 19.0 Å². The van der Waals surface area contributed by atoms with Crippen LogP contribution in [-0.2, 0) is 20.0 Å². The van der Waals surface area contributed by atoms with Crippen LogP contribution in [0.5, 0.6) is 0 Å². The van der Waals surface area contributed by atoms with Gasteiger partial charge in [-0.1, -0.05) is 68.5 Å². The van der Waals surface area contributed by atoms with E-state index in [2.05, 4.69) is 40.5 Å². The zero-order valence-electron chi connectivity index (χ0n) is 26.9. The number of carbonyl (C=O) groups is 2. The Morgan fingerprint density at radius 1 is 0.538 bits per heavy atom. The highest BCUT2D eigenvalue weighted by atomic mass is 33.1. The van der Waals surface area contributed by atoms with Crippen molar-refractivity contribution < 1.29 is 26.4 Å². The van der Waals surface area contributed by atoms with E-state index in [9.17, 15) is 26.4 Å². The minimum Gasteiger partial charge on any atom is -0.322 e. The predicted molar refractivity (Wildman–Crippen MR) is 204 cm³/mol. The zero-order chi connectivity index (χ0) is 36.9. The molecule has 0 atom stereocenters. The van der Waals surface area contributed by atoms with E-state index in [-0.39, 0.29) is 20.1 Å². The third-order valence-electron chi connectivity index (χ3n) is 6.82. The zero-order valence-corrected chi connectivity index (χ0v) is 31.8. The Morgan fingerprint density at radius 2 is 0.904 bits per heavy atom. The summed E-state index contributed by atoms with van der Waals surface area (Å²) in [5.41, 5.74) is 1.52. The van der Waals surface area contributed by atoms with Crippen LogP contribution in [-0.4, -0.2) is 49.0 Å². The summed E-state index contributed by atoms with van der Waals surface area (Å²) in [4.78, 5) is 27.9. The van der Waals surface area contributed by atoms with E-state index in [0.717, 1.165) is 22.7 Å². The molecule has 4 N–H and O–H groups in total. The number of hydrogen-bond acceptors (Lipinski definition) is 14. The van der Waals surface area contributed by atoms with Gasteiger partial charge in [-0.05, 0) is 86.6 Å². The maximum absolute atomic E-state index is 13.3. The first-order valence-corrected chi connectivity index (χ1v) is 21.6. The lowest BCUT2D eigenvalue weighted by molar-refractivity contribution is 0.101. The topological polar surface area (TPSA) is 202 Å². The molecule has 0 saturated carbocycles. The van der Waals surface area contributed by atoms with Crippen LogP contribution < -0.4 is 20.1 Å². The molecule has 0 aliphatic heterocycles. The maximum atomic E-state index is 13.3. The normalized spacial score (nSPS) is 11.5. The van der Waals surface area contributed by atoms with Crippen molar-refractivity contribution in [1.82, 2.24) is 20.4 Å². The minimum atomic E-state index is -3.90. The van der Waals surface area contributed by atoms with Crippen LogP contribution in [0.15, 0.2) is 117 Å². The Balaban J connectivity index is 1.09. The van der Waals surface area contributed by atoms with Crippen molar-refractivity contribution in [2.75, 3.05) is 20.1 Å². The monoisotopic (exact) mass is 810 g/mol. The summed E-state index contributed by atoms with van der Waals surface area (Å²) in [6.45, 7) is 3.43. The molecular weight excluding hydrogens is 785 g/mol. The number of amides is 2. The first-order chi connectivity index (χ1) is 24.9. The van der Waals surface area contributed by atoms with Crippen molar-refractivity contribution in [1.29, 1.82) is 0 Å². The minimum absolute atomic E-state index is 0.00807. The number of sulfonamides is 2. The summed E-state index contributed by atoms with van der Waals surface area (Å²) in [6, 6.07) is 25.4. The van der Waals surface area contributed by atoms with Crippen molar-refractivity contribution in [3.8, 4) is 0 Å². The lowest BCUT2D eigenvalue weighted by Gasteiger charge is -2.12. The SMILES string of the molecule is Cc1nnc(NS(=O)(=O)c2ccc(NC(=O)c3ccccc3SSc3ccccc3C(=O)Nc3ccc(S(=O)(=O)Nc4nnc(C)s4)cc3)cc2)s1. The smallest absolute Gasteiger partial charge is 0.263 e. The highest BCUT2D eigenvalue weighted by Crippen LogP contribution is 2.41. The first-order valence-electron chi connectivity index (χ1n) is 14.9. The molecule has 0 fully saturated rings. The van der Waals surface area contributed by atoms with Crippen molar-refractivity contribution in [2.24, 2.45) is 0 Å². The number of carbonyl (C=O) groups excluding carboxylic acids is 2. The Labute approximate surface area is 314 Å². The number of rotatable bonds is 13. The van der Waals surface area contributed by atoms with Gasteiger partial charge in [-0.25, -0.2) is 16.8 Å². The molecule has 0 unspecified atom stereocenters. The molecule has 0 saturated heterocycles. The lowest BCUT2D eigenvalue weighted by Crippen LogP contribution is -2.15. The van der Waals surface area contributed by atoms with Crippen LogP contribution in [0.25, 0.3) is 0 Å². The number of nitrogens with one attached hydrogen (secondary N) is 4. The quantitative estimate of drug-likeness (QED) is 0.0880. The molecule has 52 heavy (non-hydrogen) atoms. The average molecular weight is 811 g/mol. The van der Waals surface area contributed by atoms with E-state index in [1.807, 2.05) is 0 Å². The predicted octanol–water partition coefficient (Wildman–Crippen LogP) is 6.91. The molecule has 2 amide bonds. The van der Waals surface area contributed by atoms with Crippen LogP contribution in [0.3, 0.4) is 0 Å². The van der Waals surface area contributed by atoms with Gasteiger partial charge in [-0.2, -0.15) is 0 Å². The standard InChI is InChI=1S/C32H26N8O6S6/c1-19-35-37-31(47-19)39-51(43,44)23-15-11-21(12-16-23)33-29(41)25-7-3-5-9-27(25)49-50-28-10-6-4-8-26(28)30(42)34-22-13-17-24(18-14-22)52(45,46)40-32-38-36-20(2)48-32/h3-18H,1-2H3,(H,33,41)(H,34,42)(H,37,39)(H,38,40). The Kier molecular flexibility index (Phi) is 11.2. The van der Waals surface area contributed by atoms with Crippen molar-refractivity contribution in [3.63, 3.8) is 0 Å². The van der Waals surface area contributed by atoms with Gasteiger partial charge in [0.2, 0.25) is 10.3 Å². The molecule has 20 heteroatoms. The molecule has 6 aromatic rings. The molecule has 0 spiro atoms. The van der Waals surface area contributed by atoms with Crippen molar-refractivity contribution >= 4 is 97.8 Å². The fourth-order valence-electron chi connectivity index (χ4n) is 4.40. The number of nitrogens with zero attached hydrogens (tertiary/aromatic N) is 4. The van der Waals surface area contributed by atoms with E-state index in [1.165, 1.54) is 70.1 Å². The second-order valence-electron chi connectivity index (χ2n) is 10.6. The molecule has 4 aromatic carbocycles. The third kappa shape index (κ3) is 9.13. The summed E-state index contributed by atoms with van der Waals surface area (Å²) in [5.74, 6) is -0.821. The highest BCUT2D eigenvalue weighted by molar-refractivity contribution is 8.76. The molecule has 266 valence electrons. The van der Waals surface area contributed by atoms with Gasteiger partial charge in [0.1, 0.15) is 10.0 Å². The molecular formula is C32H26N8O6S6. The fraction of sp³-hybridized carbons (Fsp3) is 0.0625. The van der Waals surface area contributed by atoms with Gasteiger partial charge in [0, 0.05) is 21.2 Å². The summed E-state index contributed by atoms with van der Waals surface area (Å²) < 4.78 is 55.7. The molecule has 0 bridgehead atoms.